The molecule has 0 aliphatic heterocycles. The molecule has 0 bridgehead atoms. The Morgan fingerprint density at radius 3 is 1.87 bits per heavy atom. The fraction of sp³-hybridized carbons (Fsp3) is 0.562. The smallest absolute Gasteiger partial charge is 0.420 e. The minimum Gasteiger partial charge on any atom is -0.443 e. The summed E-state index contributed by atoms with van der Waals surface area (Å²) in [7, 11) is 0. The number of nitrogens with zero attached hydrogens (tertiary/aromatic N) is 2. The van der Waals surface area contributed by atoms with Crippen molar-refractivity contribution in [3.8, 4) is 0 Å². The van der Waals surface area contributed by atoms with Crippen LogP contribution in [0.1, 0.15) is 47.2 Å². The Kier molecular flexibility index (Phi) is 5.99. The second kappa shape index (κ2) is 7.17. The van der Waals surface area contributed by atoms with Gasteiger partial charge in [-0.15, -0.1) is 0 Å². The van der Waals surface area contributed by atoms with E-state index in [0.717, 1.165) is 4.90 Å². The minimum absolute atomic E-state index is 0.0685. The van der Waals surface area contributed by atoms with E-state index in [-0.39, 0.29) is 6.54 Å². The Bertz CT molecular complexity index is 531. The number of hydrogen-bond donors (Lipinski definition) is 0. The summed E-state index contributed by atoms with van der Waals surface area (Å²) in [5, 5.41) is 0.467. The maximum atomic E-state index is 12.3. The first-order chi connectivity index (χ1) is 10.4. The molecule has 1 heterocycles. The number of pyridine rings is 1. The molecule has 7 heteroatoms. The number of carbonyl (C=O) groups excluding carboxylic acids is 2. The van der Waals surface area contributed by atoms with Crippen LogP contribution in [0.4, 0.5) is 9.59 Å². The van der Waals surface area contributed by atoms with Gasteiger partial charge in [-0.3, -0.25) is 4.98 Å². The van der Waals surface area contributed by atoms with E-state index in [1.807, 2.05) is 0 Å². The molecule has 0 aromatic carbocycles. The van der Waals surface area contributed by atoms with Crippen molar-refractivity contribution in [1.29, 1.82) is 0 Å². The Hall–Kier alpha value is -1.82. The van der Waals surface area contributed by atoms with Gasteiger partial charge in [0.25, 0.3) is 0 Å². The average molecular weight is 343 g/mol. The molecule has 0 spiro atoms. The van der Waals surface area contributed by atoms with Gasteiger partial charge in [-0.25, -0.2) is 14.5 Å². The van der Waals surface area contributed by atoms with Gasteiger partial charge in [-0.2, -0.15) is 0 Å². The highest BCUT2D eigenvalue weighted by Crippen LogP contribution is 2.17. The second-order valence-electron chi connectivity index (χ2n) is 7.01. The fourth-order valence-corrected chi connectivity index (χ4v) is 1.61. The topological polar surface area (TPSA) is 68.7 Å². The van der Waals surface area contributed by atoms with Gasteiger partial charge in [0.15, 0.2) is 0 Å². The molecule has 0 aliphatic rings. The van der Waals surface area contributed by atoms with Crippen LogP contribution >= 0.6 is 11.6 Å². The van der Waals surface area contributed by atoms with Crippen molar-refractivity contribution in [2.75, 3.05) is 0 Å². The summed E-state index contributed by atoms with van der Waals surface area (Å²) in [5.74, 6) is 0. The van der Waals surface area contributed by atoms with E-state index < -0.39 is 23.4 Å². The van der Waals surface area contributed by atoms with Gasteiger partial charge in [0.05, 0.1) is 17.3 Å². The molecule has 0 aliphatic carbocycles. The van der Waals surface area contributed by atoms with Crippen molar-refractivity contribution in [2.45, 2.75) is 59.3 Å². The van der Waals surface area contributed by atoms with Crippen LogP contribution in [0, 0.1) is 0 Å². The third-order valence-corrected chi connectivity index (χ3v) is 2.56. The largest absolute Gasteiger partial charge is 0.443 e. The number of imide groups is 1. The quantitative estimate of drug-likeness (QED) is 0.796. The molecular formula is C16H23ClN2O4. The molecule has 0 N–H and O–H groups in total. The van der Waals surface area contributed by atoms with Crippen LogP contribution in [0.25, 0.3) is 0 Å². The summed E-state index contributed by atoms with van der Waals surface area (Å²) >= 11 is 5.79. The van der Waals surface area contributed by atoms with Gasteiger partial charge in [-0.05, 0) is 53.7 Å². The maximum Gasteiger partial charge on any atom is 0.420 e. The predicted octanol–water partition coefficient (Wildman–Crippen LogP) is 4.41. The van der Waals surface area contributed by atoms with Crippen molar-refractivity contribution in [1.82, 2.24) is 9.88 Å². The van der Waals surface area contributed by atoms with Gasteiger partial charge in [0.1, 0.15) is 11.2 Å². The minimum atomic E-state index is -0.788. The Balaban J connectivity index is 2.98. The zero-order chi connectivity index (χ0) is 17.8. The molecule has 0 atom stereocenters. The zero-order valence-electron chi connectivity index (χ0n) is 14.3. The number of hydrogen-bond acceptors (Lipinski definition) is 5. The summed E-state index contributed by atoms with van der Waals surface area (Å²) in [6.45, 7) is 10.3. The molecule has 0 radical (unpaired) electrons. The summed E-state index contributed by atoms with van der Waals surface area (Å²) in [4.78, 5) is 29.6. The number of halogens is 1. The standard InChI is InChI=1S/C16H23ClN2O4/c1-15(2,3)22-13(20)19(14(21)23-16(4,5)6)10-12-8-7-11(17)9-18-12/h7-9H,10H2,1-6H3. The van der Waals surface area contributed by atoms with Crippen LogP contribution in [-0.2, 0) is 16.0 Å². The van der Waals surface area contributed by atoms with Crippen LogP contribution < -0.4 is 0 Å². The molecule has 23 heavy (non-hydrogen) atoms. The molecule has 128 valence electrons. The molecule has 1 rings (SSSR count). The first-order valence-electron chi connectivity index (χ1n) is 7.21. The monoisotopic (exact) mass is 342 g/mol. The highest BCUT2D eigenvalue weighted by atomic mass is 35.5. The third-order valence-electron chi connectivity index (χ3n) is 2.34. The molecular weight excluding hydrogens is 320 g/mol. The molecule has 1 aromatic heterocycles. The van der Waals surface area contributed by atoms with Gasteiger partial charge in [0.2, 0.25) is 0 Å². The van der Waals surface area contributed by atoms with Gasteiger partial charge in [-0.1, -0.05) is 11.6 Å². The second-order valence-corrected chi connectivity index (χ2v) is 7.45. The Labute approximate surface area is 141 Å². The van der Waals surface area contributed by atoms with E-state index in [4.69, 9.17) is 21.1 Å². The number of ether oxygens (including phenoxy) is 2. The lowest BCUT2D eigenvalue weighted by atomic mass is 10.2. The van der Waals surface area contributed by atoms with Gasteiger partial charge < -0.3 is 9.47 Å². The van der Waals surface area contributed by atoms with Crippen LogP contribution in [0.5, 0.6) is 0 Å². The van der Waals surface area contributed by atoms with Crippen molar-refractivity contribution in [3.05, 3.63) is 29.0 Å². The van der Waals surface area contributed by atoms with Crippen LogP contribution in [0.3, 0.4) is 0 Å². The molecule has 6 nitrogen and oxygen atoms in total. The van der Waals surface area contributed by atoms with Crippen molar-refractivity contribution in [3.63, 3.8) is 0 Å². The summed E-state index contributed by atoms with van der Waals surface area (Å²) in [6.07, 6.45) is -0.133. The molecule has 0 saturated carbocycles. The first kappa shape index (κ1) is 19.2. The number of amides is 2. The van der Waals surface area contributed by atoms with Crippen molar-refractivity contribution < 1.29 is 19.1 Å². The van der Waals surface area contributed by atoms with E-state index >= 15 is 0 Å². The summed E-state index contributed by atoms with van der Waals surface area (Å²) in [5.41, 5.74) is -0.971. The van der Waals surface area contributed by atoms with Crippen molar-refractivity contribution in [2.24, 2.45) is 0 Å². The Morgan fingerprint density at radius 2 is 1.52 bits per heavy atom. The number of rotatable bonds is 2. The molecule has 2 amide bonds. The average Bonchev–Trinajstić information content (AvgIpc) is 2.33. The van der Waals surface area contributed by atoms with E-state index in [9.17, 15) is 9.59 Å². The highest BCUT2D eigenvalue weighted by Gasteiger charge is 2.31. The predicted molar refractivity (Wildman–Crippen MR) is 87.3 cm³/mol. The highest BCUT2D eigenvalue weighted by molar-refractivity contribution is 6.30. The van der Waals surface area contributed by atoms with Gasteiger partial charge >= 0.3 is 12.2 Å². The first-order valence-corrected chi connectivity index (χ1v) is 7.59. The Morgan fingerprint density at radius 1 is 1.04 bits per heavy atom. The van der Waals surface area contributed by atoms with Crippen LogP contribution in [0.15, 0.2) is 18.3 Å². The number of carbonyl (C=O) groups is 2. The van der Waals surface area contributed by atoms with Gasteiger partial charge in [0, 0.05) is 6.20 Å². The fourth-order valence-electron chi connectivity index (χ4n) is 1.50. The zero-order valence-corrected chi connectivity index (χ0v) is 15.1. The maximum absolute atomic E-state index is 12.3. The third kappa shape index (κ3) is 7.32. The number of aromatic nitrogens is 1. The van der Waals surface area contributed by atoms with E-state index in [1.165, 1.54) is 6.20 Å². The lowest BCUT2D eigenvalue weighted by Crippen LogP contribution is -2.43. The van der Waals surface area contributed by atoms with Crippen molar-refractivity contribution >= 4 is 23.8 Å². The van der Waals surface area contributed by atoms with Crippen LogP contribution in [0.2, 0.25) is 5.02 Å². The lowest BCUT2D eigenvalue weighted by molar-refractivity contribution is -0.000473. The molecule has 1 aromatic rings. The summed E-state index contributed by atoms with van der Waals surface area (Å²) in [6, 6.07) is 3.26. The van der Waals surface area contributed by atoms with E-state index in [1.54, 1.807) is 53.7 Å². The van der Waals surface area contributed by atoms with E-state index in [0.29, 0.717) is 10.7 Å². The SMILES string of the molecule is CC(C)(C)OC(=O)N(Cc1ccc(Cl)cn1)C(=O)OC(C)(C)C. The van der Waals surface area contributed by atoms with Crippen LogP contribution in [-0.4, -0.2) is 33.3 Å². The molecule has 0 saturated heterocycles. The lowest BCUT2D eigenvalue weighted by Gasteiger charge is -2.28. The molecule has 0 fully saturated rings. The normalized spacial score (nSPS) is 11.8. The van der Waals surface area contributed by atoms with E-state index in [2.05, 4.69) is 4.98 Å². The molecule has 0 unspecified atom stereocenters. The summed E-state index contributed by atoms with van der Waals surface area (Å²) < 4.78 is 10.5.